The van der Waals surface area contributed by atoms with E-state index in [4.69, 9.17) is 40.0 Å². The lowest BCUT2D eigenvalue weighted by Gasteiger charge is -2.41. The Morgan fingerprint density at radius 2 is 1.52 bits per heavy atom. The standard InChI is InChI=1S/C45H65ClN2O14/c1-45(2,3)62-38(52)22-30(43(56)58-5)17-10-9-12-19-31(50)18-11-7-8-13-20-37(51)47-25-28-15-14-16-29(21-28)27-60-35-24-34(57-4)32(23-33(35)46)42(55)48-39-41(54)40(53)36(26-49)61-44(39)59-6/h14-16,21,23-24,30,36,39-41,44,49,53-54H,7-13,17-20,22,25-27H2,1-6H3,(H,47,51)(H,48,55)/t30-,36-,39-,40-,41-,44+/m1/s1. The molecule has 0 aliphatic carbocycles. The summed E-state index contributed by atoms with van der Waals surface area (Å²) in [6.07, 6.45) is 1.95. The van der Waals surface area contributed by atoms with Crippen molar-refractivity contribution in [1.82, 2.24) is 10.6 Å². The number of halogens is 1. The molecule has 1 aliphatic rings. The van der Waals surface area contributed by atoms with Gasteiger partial charge in [0.25, 0.3) is 5.91 Å². The molecule has 16 nitrogen and oxygen atoms in total. The average Bonchev–Trinajstić information content (AvgIpc) is 3.23. The van der Waals surface area contributed by atoms with Crippen molar-refractivity contribution in [3.8, 4) is 11.5 Å². The number of aliphatic hydroxyl groups excluding tert-OH is 3. The van der Waals surface area contributed by atoms with Gasteiger partial charge in [-0.3, -0.25) is 24.0 Å². The fourth-order valence-corrected chi connectivity index (χ4v) is 7.19. The number of ether oxygens (including phenoxy) is 6. The number of rotatable bonds is 26. The van der Waals surface area contributed by atoms with Gasteiger partial charge in [0.2, 0.25) is 5.91 Å². The first-order valence-corrected chi connectivity index (χ1v) is 21.5. The number of hydrogen-bond acceptors (Lipinski definition) is 14. The number of benzene rings is 2. The van der Waals surface area contributed by atoms with Gasteiger partial charge in [-0.15, -0.1) is 0 Å². The van der Waals surface area contributed by atoms with Crippen LogP contribution in [0.4, 0.5) is 0 Å². The molecule has 17 heteroatoms. The molecule has 3 rings (SSSR count). The molecule has 1 saturated heterocycles. The van der Waals surface area contributed by atoms with Gasteiger partial charge in [0, 0.05) is 39.0 Å². The van der Waals surface area contributed by atoms with E-state index < -0.39 is 66.6 Å². The van der Waals surface area contributed by atoms with E-state index >= 15 is 0 Å². The van der Waals surface area contributed by atoms with E-state index in [-0.39, 0.29) is 46.8 Å². The Kier molecular flexibility index (Phi) is 22.1. The van der Waals surface area contributed by atoms with Crippen molar-refractivity contribution >= 4 is 41.1 Å². The molecule has 2 aromatic carbocycles. The van der Waals surface area contributed by atoms with Gasteiger partial charge in [-0.25, -0.2) is 0 Å². The normalized spacial score (nSPS) is 19.2. The summed E-state index contributed by atoms with van der Waals surface area (Å²) in [5.41, 5.74) is 1.08. The Morgan fingerprint density at radius 3 is 2.15 bits per heavy atom. The first-order chi connectivity index (χ1) is 29.5. The predicted octanol–water partition coefficient (Wildman–Crippen LogP) is 5.11. The third kappa shape index (κ3) is 17.4. The molecule has 0 saturated carbocycles. The summed E-state index contributed by atoms with van der Waals surface area (Å²) in [7, 11) is 3.97. The third-order valence-electron chi connectivity index (χ3n) is 10.3. The Labute approximate surface area is 369 Å². The zero-order valence-corrected chi connectivity index (χ0v) is 37.5. The van der Waals surface area contributed by atoms with E-state index in [9.17, 15) is 39.3 Å². The minimum Gasteiger partial charge on any atom is -0.496 e. The molecule has 346 valence electrons. The van der Waals surface area contributed by atoms with Crippen molar-refractivity contribution < 1.29 is 67.7 Å². The molecule has 2 amide bonds. The summed E-state index contributed by atoms with van der Waals surface area (Å²) in [5, 5.41) is 36.0. The molecule has 1 aliphatic heterocycles. The third-order valence-corrected chi connectivity index (χ3v) is 10.6. The molecule has 0 aromatic heterocycles. The van der Waals surface area contributed by atoms with Gasteiger partial charge in [-0.2, -0.15) is 0 Å². The molecule has 0 radical (unpaired) electrons. The van der Waals surface area contributed by atoms with Crippen LogP contribution in [0.2, 0.25) is 5.02 Å². The van der Waals surface area contributed by atoms with Gasteiger partial charge < -0.3 is 54.4 Å². The number of hydrogen-bond donors (Lipinski definition) is 5. The van der Waals surface area contributed by atoms with E-state index in [0.29, 0.717) is 45.1 Å². The molecular weight excluding hydrogens is 828 g/mol. The minimum atomic E-state index is -1.50. The summed E-state index contributed by atoms with van der Waals surface area (Å²) in [4.78, 5) is 62.6. The van der Waals surface area contributed by atoms with Crippen molar-refractivity contribution in [2.75, 3.05) is 27.9 Å². The molecule has 5 N–H and O–H groups in total. The molecule has 0 spiro atoms. The van der Waals surface area contributed by atoms with Crippen molar-refractivity contribution in [1.29, 1.82) is 0 Å². The Balaban J connectivity index is 1.34. The molecule has 62 heavy (non-hydrogen) atoms. The van der Waals surface area contributed by atoms with Gasteiger partial charge in [0.1, 0.15) is 53.8 Å². The Bertz CT molecular complexity index is 1770. The van der Waals surface area contributed by atoms with E-state index in [1.807, 2.05) is 24.3 Å². The zero-order valence-electron chi connectivity index (χ0n) is 36.7. The summed E-state index contributed by atoms with van der Waals surface area (Å²) in [6, 6.07) is 9.15. The lowest BCUT2D eigenvalue weighted by Crippen LogP contribution is -2.64. The number of nitrogens with one attached hydrogen (secondary N) is 2. The smallest absolute Gasteiger partial charge is 0.309 e. The quantitative estimate of drug-likeness (QED) is 0.0612. The maximum absolute atomic E-state index is 13.3. The van der Waals surface area contributed by atoms with Crippen LogP contribution in [0, 0.1) is 5.92 Å². The molecule has 6 atom stereocenters. The van der Waals surface area contributed by atoms with Crippen LogP contribution in [0.25, 0.3) is 0 Å². The molecule has 2 aromatic rings. The van der Waals surface area contributed by atoms with Gasteiger partial charge >= 0.3 is 11.9 Å². The van der Waals surface area contributed by atoms with Crippen LogP contribution < -0.4 is 20.1 Å². The number of unbranched alkanes of at least 4 members (excludes halogenated alkanes) is 5. The Morgan fingerprint density at radius 1 is 0.855 bits per heavy atom. The van der Waals surface area contributed by atoms with Crippen LogP contribution in [0.3, 0.4) is 0 Å². The number of esters is 2. The Hall–Kier alpha value is -4.32. The number of amides is 2. The first kappa shape index (κ1) is 52.0. The summed E-state index contributed by atoms with van der Waals surface area (Å²) in [5.74, 6) is -1.61. The van der Waals surface area contributed by atoms with E-state index in [0.717, 1.165) is 43.2 Å². The number of aliphatic hydroxyl groups is 3. The molecule has 1 fully saturated rings. The fourth-order valence-electron chi connectivity index (χ4n) is 6.97. The second-order valence-electron chi connectivity index (χ2n) is 16.4. The second-order valence-corrected chi connectivity index (χ2v) is 16.8. The number of carbonyl (C=O) groups is 5. The van der Waals surface area contributed by atoms with Crippen LogP contribution in [-0.4, -0.2) is 109 Å². The largest absolute Gasteiger partial charge is 0.496 e. The van der Waals surface area contributed by atoms with Crippen molar-refractivity contribution in [3.05, 3.63) is 58.1 Å². The zero-order chi connectivity index (χ0) is 45.8. The van der Waals surface area contributed by atoms with Gasteiger partial charge in [-0.1, -0.05) is 61.5 Å². The lowest BCUT2D eigenvalue weighted by molar-refractivity contribution is -0.261. The van der Waals surface area contributed by atoms with Crippen LogP contribution >= 0.6 is 11.6 Å². The highest BCUT2D eigenvalue weighted by Crippen LogP contribution is 2.34. The molecule has 1 heterocycles. The van der Waals surface area contributed by atoms with Crippen molar-refractivity contribution in [2.24, 2.45) is 5.92 Å². The van der Waals surface area contributed by atoms with Crippen LogP contribution in [0.15, 0.2) is 36.4 Å². The van der Waals surface area contributed by atoms with Crippen molar-refractivity contribution in [3.63, 3.8) is 0 Å². The molecule has 0 unspecified atom stereocenters. The number of carbonyl (C=O) groups excluding carboxylic acids is 5. The number of methoxy groups -OCH3 is 3. The SMILES string of the molecule is COC(=O)[C@H](CCCCCC(=O)CCCCCCC(=O)NCc1cccc(COc2cc(OC)c(C(=O)N[C@H]3[C@@H](OC)O[C@H](CO)[C@@H](O)[C@@H]3O)cc2Cl)c1)CC(=O)OC(C)(C)C. The van der Waals surface area contributed by atoms with E-state index in [1.165, 1.54) is 33.5 Å². The highest BCUT2D eigenvalue weighted by Gasteiger charge is 2.45. The topological polar surface area (TPSA) is 225 Å². The first-order valence-electron chi connectivity index (χ1n) is 21.1. The fraction of sp³-hybridized carbons (Fsp3) is 0.622. The number of ketones is 1. The summed E-state index contributed by atoms with van der Waals surface area (Å²) < 4.78 is 32.3. The van der Waals surface area contributed by atoms with Crippen LogP contribution in [0.5, 0.6) is 11.5 Å². The molecule has 0 bridgehead atoms. The number of Topliss-reactive ketones (excluding diaryl/α,β-unsaturated/α-hetero) is 1. The minimum absolute atomic E-state index is 0.0277. The summed E-state index contributed by atoms with van der Waals surface area (Å²) in [6.45, 7) is 5.22. The van der Waals surface area contributed by atoms with E-state index in [1.54, 1.807) is 20.8 Å². The van der Waals surface area contributed by atoms with Crippen LogP contribution in [0.1, 0.15) is 119 Å². The van der Waals surface area contributed by atoms with Crippen LogP contribution in [-0.2, 0) is 51.3 Å². The van der Waals surface area contributed by atoms with Gasteiger partial charge in [0.15, 0.2) is 6.29 Å². The highest BCUT2D eigenvalue weighted by atomic mass is 35.5. The maximum Gasteiger partial charge on any atom is 0.309 e. The molecular formula is C45H65ClN2O14. The maximum atomic E-state index is 13.3. The van der Waals surface area contributed by atoms with Gasteiger partial charge in [-0.05, 0) is 63.6 Å². The van der Waals surface area contributed by atoms with Gasteiger partial charge in [0.05, 0.1) is 43.8 Å². The highest BCUT2D eigenvalue weighted by molar-refractivity contribution is 6.32. The monoisotopic (exact) mass is 892 g/mol. The average molecular weight is 893 g/mol. The lowest BCUT2D eigenvalue weighted by atomic mass is 9.96. The predicted molar refractivity (Wildman–Crippen MR) is 228 cm³/mol. The van der Waals surface area contributed by atoms with Crippen molar-refractivity contribution in [2.45, 2.75) is 147 Å². The summed E-state index contributed by atoms with van der Waals surface area (Å²) >= 11 is 6.52. The second kappa shape index (κ2) is 26.3. The van der Waals surface area contributed by atoms with E-state index in [2.05, 4.69) is 10.6 Å².